The van der Waals surface area contributed by atoms with Gasteiger partial charge in [0, 0.05) is 37.6 Å². The minimum atomic E-state index is -0.563. The van der Waals surface area contributed by atoms with Crippen LogP contribution >= 0.6 is 0 Å². The summed E-state index contributed by atoms with van der Waals surface area (Å²) in [5.74, 6) is 1.04. The van der Waals surface area contributed by atoms with Crippen LogP contribution < -0.4 is 10.6 Å². The Hall–Kier alpha value is -2.71. The maximum atomic E-state index is 11.8. The van der Waals surface area contributed by atoms with Crippen molar-refractivity contribution in [2.24, 2.45) is 5.41 Å². The second kappa shape index (κ2) is 8.33. The largest absolute Gasteiger partial charge is 0.457 e. The van der Waals surface area contributed by atoms with E-state index < -0.39 is 6.10 Å². The summed E-state index contributed by atoms with van der Waals surface area (Å²) in [4.78, 5) is 25.0. The molecule has 32 heavy (non-hydrogen) atoms. The monoisotopic (exact) mass is 437 g/mol. The number of carbonyl (C=O) groups is 1. The predicted molar refractivity (Wildman–Crippen MR) is 121 cm³/mol. The fourth-order valence-electron chi connectivity index (χ4n) is 5.56. The van der Waals surface area contributed by atoms with E-state index in [0.29, 0.717) is 29.9 Å². The van der Waals surface area contributed by atoms with Gasteiger partial charge < -0.3 is 25.4 Å². The Morgan fingerprint density at radius 3 is 2.53 bits per heavy atom. The van der Waals surface area contributed by atoms with E-state index in [2.05, 4.69) is 19.8 Å². The van der Waals surface area contributed by atoms with Gasteiger partial charge in [-0.3, -0.25) is 0 Å². The van der Waals surface area contributed by atoms with Gasteiger partial charge in [-0.2, -0.15) is 0 Å². The Morgan fingerprint density at radius 1 is 1.12 bits per heavy atom. The van der Waals surface area contributed by atoms with Gasteiger partial charge in [0.2, 0.25) is 0 Å². The van der Waals surface area contributed by atoms with Crippen molar-refractivity contribution >= 4 is 17.6 Å². The summed E-state index contributed by atoms with van der Waals surface area (Å²) in [6.45, 7) is 6.81. The van der Waals surface area contributed by atoms with Crippen molar-refractivity contribution < 1.29 is 14.6 Å². The molecule has 2 saturated heterocycles. The van der Waals surface area contributed by atoms with E-state index in [1.54, 1.807) is 18.5 Å². The van der Waals surface area contributed by atoms with E-state index in [1.807, 2.05) is 13.0 Å². The number of aliphatic hydroxyl groups excluding tert-OH is 1. The first-order valence-corrected chi connectivity index (χ1v) is 11.5. The predicted octanol–water partition coefficient (Wildman–Crippen LogP) is 2.45. The van der Waals surface area contributed by atoms with E-state index in [4.69, 9.17) is 10.5 Å². The number of piperidine rings is 2. The Morgan fingerprint density at radius 2 is 1.81 bits per heavy atom. The maximum absolute atomic E-state index is 11.8. The zero-order chi connectivity index (χ0) is 22.3. The summed E-state index contributed by atoms with van der Waals surface area (Å²) in [5.41, 5.74) is 9.81. The van der Waals surface area contributed by atoms with Crippen molar-refractivity contribution in [3.05, 3.63) is 46.8 Å². The molecule has 3 aliphatic rings. The highest BCUT2D eigenvalue weighted by Gasteiger charge is 2.38. The minimum absolute atomic E-state index is 0.265. The summed E-state index contributed by atoms with van der Waals surface area (Å²) in [7, 11) is 0. The van der Waals surface area contributed by atoms with Crippen LogP contribution in [0.3, 0.4) is 0 Å². The number of carbonyl (C=O) groups excluding carboxylic acids is 1. The van der Waals surface area contributed by atoms with Crippen molar-refractivity contribution in [2.45, 2.75) is 45.3 Å². The normalized spacial score (nSPS) is 21.4. The molecule has 0 amide bonds. The number of nitrogens with zero attached hydrogens (tertiary/aromatic N) is 4. The average molecular weight is 438 g/mol. The van der Waals surface area contributed by atoms with Crippen molar-refractivity contribution in [1.29, 1.82) is 0 Å². The highest BCUT2D eigenvalue weighted by Crippen LogP contribution is 2.42. The minimum Gasteiger partial charge on any atom is -0.457 e. The van der Waals surface area contributed by atoms with E-state index in [0.717, 1.165) is 74.4 Å². The first-order valence-electron chi connectivity index (χ1n) is 11.5. The van der Waals surface area contributed by atoms with Crippen LogP contribution in [0.5, 0.6) is 0 Å². The topological polar surface area (TPSA) is 105 Å². The molecule has 4 heterocycles. The van der Waals surface area contributed by atoms with Crippen LogP contribution in [0, 0.1) is 12.3 Å². The first-order chi connectivity index (χ1) is 15.5. The van der Waals surface area contributed by atoms with Crippen molar-refractivity contribution in [3.8, 4) is 0 Å². The fourth-order valence-corrected chi connectivity index (χ4v) is 5.56. The molecule has 8 heteroatoms. The number of esters is 1. The number of ether oxygens (including phenoxy) is 1. The van der Waals surface area contributed by atoms with Crippen LogP contribution in [0.25, 0.3) is 0 Å². The Labute approximate surface area is 188 Å². The number of rotatable bonds is 4. The summed E-state index contributed by atoms with van der Waals surface area (Å²) in [6.07, 6.45) is 7.34. The van der Waals surface area contributed by atoms with E-state index in [-0.39, 0.29) is 5.97 Å². The molecule has 170 valence electrons. The lowest BCUT2D eigenvalue weighted by Crippen LogP contribution is -2.47. The summed E-state index contributed by atoms with van der Waals surface area (Å²) >= 11 is 0. The van der Waals surface area contributed by atoms with Gasteiger partial charge in [0.05, 0.1) is 11.7 Å². The van der Waals surface area contributed by atoms with Gasteiger partial charge in [0.15, 0.2) is 11.6 Å². The molecule has 0 aliphatic carbocycles. The van der Waals surface area contributed by atoms with Gasteiger partial charge in [0.25, 0.3) is 0 Å². The van der Waals surface area contributed by atoms with Crippen molar-refractivity contribution in [1.82, 2.24) is 14.9 Å². The lowest BCUT2D eigenvalue weighted by molar-refractivity contribution is 0.0447. The SMILES string of the molecule is Cc1c(C(O)CN2CCC3(CC2)CCN(c2nccnc2N)CC3)ccc2c1COC2=O. The Bertz CT molecular complexity index is 1010. The number of aliphatic hydroxyl groups is 1. The first kappa shape index (κ1) is 21.2. The second-order valence-electron chi connectivity index (χ2n) is 9.45. The number of cyclic esters (lactones) is 1. The standard InChI is InChI=1S/C24H31N5O3/c1-16-17(2-3-18-19(16)15-32-23(18)31)20(30)14-28-10-4-24(5-11-28)6-12-29(13-7-24)22-21(25)26-8-9-27-22/h2-3,8-9,20,30H,4-7,10-15H2,1H3,(H2,25,26). The molecule has 1 unspecified atom stereocenters. The molecule has 2 fully saturated rings. The van der Waals surface area contributed by atoms with Crippen LogP contribution in [0.2, 0.25) is 0 Å². The lowest BCUT2D eigenvalue weighted by atomic mass is 9.71. The van der Waals surface area contributed by atoms with Gasteiger partial charge >= 0.3 is 5.97 Å². The quantitative estimate of drug-likeness (QED) is 0.703. The number of fused-ring (bicyclic) bond motifs is 1. The molecular weight excluding hydrogens is 406 g/mol. The summed E-state index contributed by atoms with van der Waals surface area (Å²) in [5, 5.41) is 10.9. The Balaban J connectivity index is 1.16. The second-order valence-corrected chi connectivity index (χ2v) is 9.45. The van der Waals surface area contributed by atoms with Gasteiger partial charge in [-0.25, -0.2) is 14.8 Å². The van der Waals surface area contributed by atoms with Gasteiger partial charge in [-0.1, -0.05) is 6.07 Å². The van der Waals surface area contributed by atoms with Crippen LogP contribution in [-0.2, 0) is 11.3 Å². The zero-order valence-electron chi connectivity index (χ0n) is 18.6. The molecule has 0 radical (unpaired) electrons. The molecule has 0 saturated carbocycles. The number of nitrogen functional groups attached to an aromatic ring is 1. The average Bonchev–Trinajstić information content (AvgIpc) is 3.18. The molecule has 3 aliphatic heterocycles. The Kier molecular flexibility index (Phi) is 5.51. The molecule has 2 aromatic rings. The molecule has 1 atom stereocenters. The number of hydrogen-bond acceptors (Lipinski definition) is 8. The molecule has 1 spiro atoms. The molecular formula is C24H31N5O3. The molecule has 8 nitrogen and oxygen atoms in total. The van der Waals surface area contributed by atoms with Gasteiger partial charge in [-0.15, -0.1) is 0 Å². The smallest absolute Gasteiger partial charge is 0.338 e. The third-order valence-electron chi connectivity index (χ3n) is 7.74. The van der Waals surface area contributed by atoms with Crippen molar-refractivity contribution in [2.75, 3.05) is 43.4 Å². The van der Waals surface area contributed by atoms with Gasteiger partial charge in [0.1, 0.15) is 6.61 Å². The van der Waals surface area contributed by atoms with Crippen LogP contribution in [0.1, 0.15) is 58.8 Å². The number of nitrogens with two attached hydrogens (primary N) is 1. The number of hydrogen-bond donors (Lipinski definition) is 2. The maximum Gasteiger partial charge on any atom is 0.338 e. The highest BCUT2D eigenvalue weighted by atomic mass is 16.5. The third-order valence-corrected chi connectivity index (χ3v) is 7.74. The van der Waals surface area contributed by atoms with Crippen molar-refractivity contribution in [3.63, 3.8) is 0 Å². The molecule has 0 bridgehead atoms. The number of likely N-dealkylation sites (tertiary alicyclic amines) is 1. The molecule has 1 aromatic heterocycles. The number of aromatic nitrogens is 2. The molecule has 5 rings (SSSR count). The zero-order valence-corrected chi connectivity index (χ0v) is 18.6. The number of β-amino-alcohol motifs (C(OH)–C–C–N with tert-alkyl or cyclic N) is 1. The van der Waals surface area contributed by atoms with Crippen LogP contribution in [-0.4, -0.2) is 58.7 Å². The fraction of sp³-hybridized carbons (Fsp3) is 0.542. The van der Waals surface area contributed by atoms with Gasteiger partial charge in [-0.05, 0) is 68.3 Å². The molecule has 3 N–H and O–H groups in total. The third kappa shape index (κ3) is 3.82. The summed E-state index contributed by atoms with van der Waals surface area (Å²) < 4.78 is 5.15. The summed E-state index contributed by atoms with van der Waals surface area (Å²) in [6, 6.07) is 3.67. The highest BCUT2D eigenvalue weighted by molar-refractivity contribution is 5.93. The lowest BCUT2D eigenvalue weighted by Gasteiger charge is -2.47. The van der Waals surface area contributed by atoms with Crippen LogP contribution in [0.15, 0.2) is 24.5 Å². The van der Waals surface area contributed by atoms with E-state index in [9.17, 15) is 9.90 Å². The molecule has 1 aromatic carbocycles. The number of benzene rings is 1. The van der Waals surface area contributed by atoms with E-state index >= 15 is 0 Å². The van der Waals surface area contributed by atoms with Crippen LogP contribution in [0.4, 0.5) is 11.6 Å². The van der Waals surface area contributed by atoms with E-state index in [1.165, 1.54) is 0 Å². The number of anilines is 2.